The van der Waals surface area contributed by atoms with Gasteiger partial charge in [0.05, 0.1) is 21.8 Å². The first kappa shape index (κ1) is 23.2. The van der Waals surface area contributed by atoms with E-state index in [1.807, 2.05) is 75.5 Å². The van der Waals surface area contributed by atoms with Crippen LogP contribution in [0.25, 0.3) is 26.6 Å². The van der Waals surface area contributed by atoms with Gasteiger partial charge in [-0.05, 0) is 24.5 Å². The quantitative estimate of drug-likeness (QED) is 0.369. The highest BCUT2D eigenvalue weighted by Gasteiger charge is 2.44. The summed E-state index contributed by atoms with van der Waals surface area (Å²) >= 11 is 1.53. The number of ketones is 1. The maximum Gasteiger partial charge on any atom is 0.211 e. The van der Waals surface area contributed by atoms with Crippen molar-refractivity contribution >= 4 is 27.3 Å². The molecule has 2 aromatic heterocycles. The summed E-state index contributed by atoms with van der Waals surface area (Å²) in [5, 5.41) is 15.8. The van der Waals surface area contributed by atoms with Crippen LogP contribution in [-0.2, 0) is 9.53 Å². The van der Waals surface area contributed by atoms with Crippen LogP contribution < -0.4 is 5.73 Å². The van der Waals surface area contributed by atoms with Gasteiger partial charge in [0, 0.05) is 35.7 Å². The van der Waals surface area contributed by atoms with Crippen molar-refractivity contribution in [2.24, 2.45) is 11.1 Å². The molecule has 0 spiro atoms. The predicted octanol–water partition coefficient (Wildman–Crippen LogP) is 5.91. The Hall–Kier alpha value is -4.22. The molecule has 1 atom stereocenters. The highest BCUT2D eigenvalue weighted by molar-refractivity contribution is 7.20. The smallest absolute Gasteiger partial charge is 0.211 e. The van der Waals surface area contributed by atoms with Gasteiger partial charge in [0.1, 0.15) is 17.4 Å². The molecule has 184 valence electrons. The van der Waals surface area contributed by atoms with Crippen molar-refractivity contribution in [1.29, 1.82) is 5.26 Å². The number of aryl methyl sites for hydroxylation is 1. The van der Waals surface area contributed by atoms with Crippen LogP contribution in [0, 0.1) is 23.7 Å². The second-order valence-corrected chi connectivity index (χ2v) is 11.4. The molecule has 0 fully saturated rings. The first-order valence-corrected chi connectivity index (χ1v) is 12.9. The number of carbonyl (C=O) groups is 1. The van der Waals surface area contributed by atoms with Gasteiger partial charge in [-0.25, -0.2) is 9.67 Å². The average Bonchev–Trinajstić information content (AvgIpc) is 3.47. The van der Waals surface area contributed by atoms with Crippen molar-refractivity contribution < 1.29 is 9.53 Å². The summed E-state index contributed by atoms with van der Waals surface area (Å²) in [6.45, 7) is 6.10. The van der Waals surface area contributed by atoms with Gasteiger partial charge < -0.3 is 10.5 Å². The Morgan fingerprint density at radius 3 is 2.65 bits per heavy atom. The van der Waals surface area contributed by atoms with E-state index in [9.17, 15) is 10.1 Å². The van der Waals surface area contributed by atoms with E-state index in [1.54, 1.807) is 4.68 Å². The topological polar surface area (TPSA) is 107 Å². The van der Waals surface area contributed by atoms with E-state index in [2.05, 4.69) is 6.07 Å². The fourth-order valence-corrected chi connectivity index (χ4v) is 6.08. The van der Waals surface area contributed by atoms with Crippen LogP contribution in [0.1, 0.15) is 43.7 Å². The summed E-state index contributed by atoms with van der Waals surface area (Å²) in [6.07, 6.45) is 2.82. The van der Waals surface area contributed by atoms with Crippen LogP contribution in [0.4, 0.5) is 0 Å². The standard InChI is InChI=1S/C29H25N5O2S/c1-16-8-10-17(11-9-16)26-19(15-34(33-26)28-32-20-6-4-5-7-23(20)37-28)24-18(14-30)27(31)36-22-13-29(2,3)12-21(35)25(22)24/h4-11,15,24H,12-13,31H2,1-3H3. The molecule has 2 aromatic carbocycles. The van der Waals surface area contributed by atoms with Gasteiger partial charge in [-0.15, -0.1) is 0 Å². The van der Waals surface area contributed by atoms with Gasteiger partial charge in [0.25, 0.3) is 0 Å². The third-order valence-electron chi connectivity index (χ3n) is 6.93. The summed E-state index contributed by atoms with van der Waals surface area (Å²) in [5.41, 5.74) is 11.1. The normalized spacial score (nSPS) is 19.1. The summed E-state index contributed by atoms with van der Waals surface area (Å²) < 4.78 is 8.69. The van der Waals surface area contributed by atoms with E-state index < -0.39 is 5.92 Å². The molecule has 0 radical (unpaired) electrons. The molecular formula is C29H25N5O2S. The highest BCUT2D eigenvalue weighted by Crippen LogP contribution is 2.49. The molecule has 0 saturated carbocycles. The third kappa shape index (κ3) is 3.92. The van der Waals surface area contributed by atoms with E-state index in [0.29, 0.717) is 35.0 Å². The molecular weight excluding hydrogens is 482 g/mol. The molecule has 6 rings (SSSR count). The number of Topliss-reactive ketones (excluding diaryl/α,β-unsaturated/α-hetero) is 1. The van der Waals surface area contributed by atoms with E-state index in [1.165, 1.54) is 11.3 Å². The minimum Gasteiger partial charge on any atom is -0.444 e. The van der Waals surface area contributed by atoms with Gasteiger partial charge in [-0.1, -0.05) is 67.1 Å². The minimum atomic E-state index is -0.670. The van der Waals surface area contributed by atoms with Crippen LogP contribution in [0.2, 0.25) is 0 Å². The molecule has 1 aliphatic heterocycles. The van der Waals surface area contributed by atoms with Crippen LogP contribution in [0.15, 0.2) is 77.5 Å². The number of allylic oxidation sites excluding steroid dienone is 3. The van der Waals surface area contributed by atoms with Crippen molar-refractivity contribution in [3.05, 3.63) is 88.6 Å². The Bertz CT molecular complexity index is 1650. The minimum absolute atomic E-state index is 0.0286. The Morgan fingerprint density at radius 2 is 1.92 bits per heavy atom. The number of nitrogens with two attached hydrogens (primary N) is 1. The van der Waals surface area contributed by atoms with Crippen molar-refractivity contribution in [2.45, 2.75) is 39.5 Å². The zero-order chi connectivity index (χ0) is 25.9. The van der Waals surface area contributed by atoms with Crippen LogP contribution >= 0.6 is 11.3 Å². The first-order valence-electron chi connectivity index (χ1n) is 12.1. The second kappa shape index (κ2) is 8.43. The largest absolute Gasteiger partial charge is 0.444 e. The zero-order valence-corrected chi connectivity index (χ0v) is 21.6. The van der Waals surface area contributed by atoms with Gasteiger partial charge in [-0.3, -0.25) is 4.79 Å². The lowest BCUT2D eigenvalue weighted by Crippen LogP contribution is -2.33. The van der Waals surface area contributed by atoms with Crippen molar-refractivity contribution in [2.75, 3.05) is 0 Å². The zero-order valence-electron chi connectivity index (χ0n) is 20.8. The Balaban J connectivity index is 1.60. The fraction of sp³-hybridized carbons (Fsp3) is 0.241. The predicted molar refractivity (Wildman–Crippen MR) is 143 cm³/mol. The maximum atomic E-state index is 13.5. The number of nitrogens with zero attached hydrogens (tertiary/aromatic N) is 4. The van der Waals surface area contributed by atoms with Crippen molar-refractivity contribution in [1.82, 2.24) is 14.8 Å². The van der Waals surface area contributed by atoms with E-state index in [-0.39, 0.29) is 22.7 Å². The van der Waals surface area contributed by atoms with E-state index in [4.69, 9.17) is 20.6 Å². The van der Waals surface area contributed by atoms with E-state index in [0.717, 1.165) is 26.9 Å². The molecule has 37 heavy (non-hydrogen) atoms. The van der Waals surface area contributed by atoms with Gasteiger partial charge in [0.2, 0.25) is 11.0 Å². The Morgan fingerprint density at radius 1 is 1.16 bits per heavy atom. The molecule has 2 aliphatic rings. The third-order valence-corrected chi connectivity index (χ3v) is 7.96. The average molecular weight is 508 g/mol. The van der Waals surface area contributed by atoms with Gasteiger partial charge in [0.15, 0.2) is 5.78 Å². The molecule has 7 nitrogen and oxygen atoms in total. The van der Waals surface area contributed by atoms with Crippen molar-refractivity contribution in [3.8, 4) is 22.5 Å². The fourth-order valence-electron chi connectivity index (χ4n) is 5.19. The molecule has 0 amide bonds. The van der Waals surface area contributed by atoms with Crippen LogP contribution in [0.5, 0.6) is 0 Å². The van der Waals surface area contributed by atoms with Gasteiger partial charge in [-0.2, -0.15) is 10.4 Å². The van der Waals surface area contributed by atoms with E-state index >= 15 is 0 Å². The molecule has 0 bridgehead atoms. The Labute approximate surface area is 218 Å². The Kier molecular flexibility index (Phi) is 5.28. The summed E-state index contributed by atoms with van der Waals surface area (Å²) in [7, 11) is 0. The second-order valence-electron chi connectivity index (χ2n) is 10.4. The first-order chi connectivity index (χ1) is 17.7. The number of rotatable bonds is 3. The number of ether oxygens (including phenoxy) is 1. The summed E-state index contributed by atoms with van der Waals surface area (Å²) in [4.78, 5) is 18.3. The lowest BCUT2D eigenvalue weighted by molar-refractivity contribution is -0.119. The number of thiazole rings is 1. The summed E-state index contributed by atoms with van der Waals surface area (Å²) in [5.74, 6) is -0.111. The molecule has 4 aromatic rings. The number of fused-ring (bicyclic) bond motifs is 1. The van der Waals surface area contributed by atoms with Crippen LogP contribution in [0.3, 0.4) is 0 Å². The number of aromatic nitrogens is 3. The molecule has 3 heterocycles. The number of hydrogen-bond acceptors (Lipinski definition) is 7. The molecule has 1 unspecified atom stereocenters. The van der Waals surface area contributed by atoms with Crippen molar-refractivity contribution in [3.63, 3.8) is 0 Å². The van der Waals surface area contributed by atoms with Crippen LogP contribution in [-0.4, -0.2) is 20.5 Å². The maximum absolute atomic E-state index is 13.5. The number of benzene rings is 2. The highest BCUT2D eigenvalue weighted by atomic mass is 32.1. The number of nitriles is 1. The summed E-state index contributed by atoms with van der Waals surface area (Å²) in [6, 6.07) is 18.2. The SMILES string of the molecule is Cc1ccc(-c2nn(-c3nc4ccccc4s3)cc2C2C(C#N)=C(N)OC3=C2C(=O)CC(C)(C)C3)cc1. The monoisotopic (exact) mass is 507 g/mol. The number of hydrogen-bond donors (Lipinski definition) is 1. The van der Waals surface area contributed by atoms with Gasteiger partial charge >= 0.3 is 0 Å². The molecule has 2 N–H and O–H groups in total. The number of carbonyl (C=O) groups excluding carboxylic acids is 1. The molecule has 0 saturated heterocycles. The molecule has 8 heteroatoms. The molecule has 1 aliphatic carbocycles. The lowest BCUT2D eigenvalue weighted by Gasteiger charge is -2.37. The number of para-hydroxylation sites is 1. The lowest BCUT2D eigenvalue weighted by atomic mass is 9.70.